The van der Waals surface area contributed by atoms with E-state index < -0.39 is 48.5 Å². The van der Waals surface area contributed by atoms with Crippen molar-refractivity contribution in [3.8, 4) is 57.2 Å². The third kappa shape index (κ3) is 23.4. The van der Waals surface area contributed by atoms with Gasteiger partial charge in [0.1, 0.15) is 41.4 Å². The maximum absolute atomic E-state index is 11.3. The van der Waals surface area contributed by atoms with Gasteiger partial charge in [0.25, 0.3) is 23.6 Å². The number of hydrogen-bond acceptors (Lipinski definition) is 23. The first-order valence-corrected chi connectivity index (χ1v) is 37.0. The molecule has 4 heterocycles. The molecule has 0 fully saturated rings. The Bertz CT molecular complexity index is 5650. The minimum atomic E-state index is -0.982. The summed E-state index contributed by atoms with van der Waals surface area (Å²) < 4.78 is 29.5. The van der Waals surface area contributed by atoms with Crippen LogP contribution in [0.2, 0.25) is 0 Å². The Hall–Kier alpha value is -13.5. The Kier molecular flexibility index (Phi) is 31.8. The highest BCUT2D eigenvalue weighted by Crippen LogP contribution is 2.36. The van der Waals surface area contributed by atoms with E-state index in [0.717, 1.165) is 102 Å². The molecule has 0 spiro atoms. The van der Waals surface area contributed by atoms with Gasteiger partial charge < -0.3 is 73.0 Å². The van der Waals surface area contributed by atoms with Crippen LogP contribution in [0.5, 0.6) is 23.0 Å². The topological polar surface area (TPSA) is 447 Å². The zero-order valence-corrected chi connectivity index (χ0v) is 64.4. The molecule has 0 aliphatic rings. The Labute approximate surface area is 676 Å². The third-order valence-corrected chi connectivity index (χ3v) is 18.3. The molecule has 3 atom stereocenters. The van der Waals surface area contributed by atoms with Crippen LogP contribution in [0.4, 0.5) is 0 Å². The summed E-state index contributed by atoms with van der Waals surface area (Å²) in [5.41, 5.74) is 19.9. The number of fused-ring (bicyclic) bond motifs is 4. The summed E-state index contributed by atoms with van der Waals surface area (Å²) in [6.07, 6.45) is 9.85. The number of aliphatic hydroxyl groups is 7. The predicted molar refractivity (Wildman–Crippen MR) is 442 cm³/mol. The van der Waals surface area contributed by atoms with Crippen LogP contribution in [0, 0.1) is 0 Å². The van der Waals surface area contributed by atoms with E-state index in [2.05, 4.69) is 17.1 Å². The minimum absolute atomic E-state index is 0.00700. The number of carbonyl (C=O) groups is 4. The molecule has 15 N–H and O–H groups in total. The molecule has 13 aromatic rings. The summed E-state index contributed by atoms with van der Waals surface area (Å²) in [6.45, 7) is 0.267. The van der Waals surface area contributed by atoms with Crippen LogP contribution in [0.15, 0.2) is 224 Å². The summed E-state index contributed by atoms with van der Waals surface area (Å²) in [4.78, 5) is 63.6. The maximum Gasteiger partial charge on any atom is 0.267 e. The number of imidazole rings is 4. The van der Waals surface area contributed by atoms with Crippen molar-refractivity contribution in [1.82, 2.24) is 60.1 Å². The van der Waals surface area contributed by atoms with E-state index in [1.54, 1.807) is 86.3 Å². The van der Waals surface area contributed by atoms with E-state index in [1.165, 1.54) is 35.3 Å². The Morgan fingerprint density at radius 2 is 0.737 bits per heavy atom. The first-order valence-electron chi connectivity index (χ1n) is 37.0. The number of nitrogens with one attached hydrogen (secondary N) is 4. The lowest BCUT2D eigenvalue weighted by Gasteiger charge is -2.15. The van der Waals surface area contributed by atoms with Crippen LogP contribution in [0.25, 0.3) is 103 Å². The van der Waals surface area contributed by atoms with Gasteiger partial charge in [0.2, 0.25) is 0 Å². The van der Waals surface area contributed by atoms with E-state index in [4.69, 9.17) is 54.7 Å². The number of aromatic nitrogens is 8. The van der Waals surface area contributed by atoms with Crippen molar-refractivity contribution < 1.29 is 94.7 Å². The molecular weight excluding hydrogens is 1520 g/mol. The monoisotopic (exact) mass is 1610 g/mol. The van der Waals surface area contributed by atoms with Crippen LogP contribution in [-0.2, 0) is 64.8 Å². The number of ether oxygens (including phenoxy) is 4. The maximum atomic E-state index is 11.3. The van der Waals surface area contributed by atoms with Crippen molar-refractivity contribution in [1.29, 1.82) is 0 Å². The fraction of sp³-hybridized carbons (Fsp3) is 0.195. The Balaban J connectivity index is 0.000000167. The smallest absolute Gasteiger partial charge is 0.267 e. The number of aryl methyl sites for hydroxylation is 2. The summed E-state index contributed by atoms with van der Waals surface area (Å²) >= 11 is 0. The molecule has 0 aliphatic heterocycles. The number of methoxy groups -OCH3 is 3. The summed E-state index contributed by atoms with van der Waals surface area (Å²) in [7, 11) is 4.77. The number of nitrogens with zero attached hydrogens (tertiary/aromatic N) is 8. The van der Waals surface area contributed by atoms with Gasteiger partial charge in [0, 0.05) is 54.0 Å². The quantitative estimate of drug-likeness (QED) is 0.0110. The van der Waals surface area contributed by atoms with Gasteiger partial charge in [0.15, 0.2) is 11.5 Å². The molecule has 4 aromatic heterocycles. The van der Waals surface area contributed by atoms with Crippen molar-refractivity contribution in [3.05, 3.63) is 264 Å². The first kappa shape index (κ1) is 86.9. The summed E-state index contributed by atoms with van der Waals surface area (Å²) in [6, 6.07) is 62.3. The number of aliphatic hydroxyl groups excluding tert-OH is 7. The van der Waals surface area contributed by atoms with Gasteiger partial charge in [-0.1, -0.05) is 84.9 Å². The lowest BCUT2D eigenvalue weighted by molar-refractivity contribution is -0.124. The molecule has 0 bridgehead atoms. The second-order valence-electron chi connectivity index (χ2n) is 26.4. The average Bonchev–Trinajstić information content (AvgIpc) is 1.66. The molecule has 9 aromatic carbocycles. The number of amides is 4. The van der Waals surface area contributed by atoms with Crippen molar-refractivity contribution in [2.45, 2.75) is 63.9 Å². The second kappa shape index (κ2) is 43.3. The van der Waals surface area contributed by atoms with Gasteiger partial charge >= 0.3 is 0 Å². The van der Waals surface area contributed by atoms with Gasteiger partial charge in [-0.2, -0.15) is 0 Å². The number of benzene rings is 9. The molecule has 3 unspecified atom stereocenters. The van der Waals surface area contributed by atoms with Gasteiger partial charge in [-0.15, -0.1) is 0 Å². The number of carbonyl (C=O) groups excluding carboxylic acids is 4. The van der Waals surface area contributed by atoms with Gasteiger partial charge in [-0.3, -0.25) is 40.0 Å². The summed E-state index contributed by atoms with van der Waals surface area (Å²) in [5.74, 6) is 2.87. The Morgan fingerprint density at radius 1 is 0.381 bits per heavy atom. The summed E-state index contributed by atoms with van der Waals surface area (Å²) in [5, 5.41) is 102. The van der Waals surface area contributed by atoms with Crippen molar-refractivity contribution in [2.75, 3.05) is 47.8 Å². The van der Waals surface area contributed by atoms with Crippen molar-refractivity contribution in [3.63, 3.8) is 0 Å². The lowest BCUT2D eigenvalue weighted by atomic mass is 10.1. The highest BCUT2D eigenvalue weighted by Gasteiger charge is 2.22. The standard InChI is InChI=1S/C27H27N3O6.C21H23N3O4.C20H21N3O5.C19H19N3O4/c1-35-25-14-20(9-11-24(25)36-17-19-5-3-2-4-6-19)27-28-22-13-18(8-12-26(33)29-34)7-10-23(22)30(27)15-21(32)16-31;25-14-17(26)13-24-19-9-6-16(8-11-21(27)23-28)12-18(19)22-20(24)10-7-15-4-2-1-3-5-15;1-28-16-6-4-14(5-7-16)20-21-17-10-13(3-9-19(26)22-27)2-8-18(17)23(20)11-15(25)12-24;1-26-15-6-4-14(5-7-15)19-20-16-12-13(3-9-18(24)21-25)2-8-17(16)22(19)10-11-23/h2-14,21,31-32,34H,15-17H2,1H3,(H,29,33);1-6,8-9,11-12,17,25-26,28H,7,10,13-14H2,(H,23,27);2-10,15,24-25,27H,11-12H2,1H3,(H,22,26);2-9,12,23,25H,10-11H2,1H3,(H,21,24)/b12-8+;11-8+;2*9-3+. The third-order valence-electron chi connectivity index (χ3n) is 18.3. The van der Waals surface area contributed by atoms with Crippen LogP contribution < -0.4 is 40.9 Å². The van der Waals surface area contributed by atoms with Gasteiger partial charge in [-0.25, -0.2) is 41.9 Å². The molecule has 13 rings (SSSR count). The largest absolute Gasteiger partial charge is 0.497 e. The molecule has 0 saturated heterocycles. The molecule has 0 saturated carbocycles. The van der Waals surface area contributed by atoms with Crippen LogP contribution in [0.1, 0.15) is 39.2 Å². The number of hydroxylamine groups is 4. The van der Waals surface area contributed by atoms with E-state index in [1.807, 2.05) is 182 Å². The van der Waals surface area contributed by atoms with Crippen LogP contribution in [-0.4, -0.2) is 184 Å². The molecule has 31 heteroatoms. The fourth-order valence-corrected chi connectivity index (χ4v) is 12.5. The molecule has 0 aliphatic carbocycles. The highest BCUT2D eigenvalue weighted by atomic mass is 16.5. The van der Waals surface area contributed by atoms with Gasteiger partial charge in [-0.05, 0) is 179 Å². The number of rotatable bonds is 31. The molecule has 31 nitrogen and oxygen atoms in total. The van der Waals surface area contributed by atoms with E-state index >= 15 is 0 Å². The second-order valence-corrected chi connectivity index (χ2v) is 26.4. The molecule has 118 heavy (non-hydrogen) atoms. The molecule has 612 valence electrons. The van der Waals surface area contributed by atoms with E-state index in [9.17, 15) is 54.9 Å². The normalized spacial score (nSPS) is 12.1. The van der Waals surface area contributed by atoms with E-state index in [0.29, 0.717) is 59.3 Å². The molecule has 0 radical (unpaired) electrons. The SMILES string of the molecule is COc1cc(-c2nc3cc(/C=C/C(=O)NO)ccc3n2CC(O)CO)ccc1OCc1ccccc1.COc1ccc(-c2nc3cc(/C=C/C(=O)NO)ccc3n2CC(O)CO)cc1.COc1ccc(-c2nc3cc(/C=C/C(=O)NO)ccc3n2CCO)cc1.O=C(/C=C/c1ccc2c(c1)nc(CCc1ccccc1)n2CC(O)CO)NO. The highest BCUT2D eigenvalue weighted by molar-refractivity contribution is 5.95. The van der Waals surface area contributed by atoms with Crippen molar-refractivity contribution in [2.24, 2.45) is 0 Å². The Morgan fingerprint density at radius 3 is 1.12 bits per heavy atom. The average molecular weight is 1610 g/mol. The lowest BCUT2D eigenvalue weighted by Crippen LogP contribution is -2.21. The minimum Gasteiger partial charge on any atom is -0.497 e. The first-order chi connectivity index (χ1) is 57.3. The zero-order valence-electron chi connectivity index (χ0n) is 64.4. The van der Waals surface area contributed by atoms with E-state index in [-0.39, 0.29) is 39.5 Å². The molecule has 4 amide bonds. The predicted octanol–water partition coefficient (Wildman–Crippen LogP) is 8.66. The number of hydrogen-bond donors (Lipinski definition) is 15. The fourth-order valence-electron chi connectivity index (χ4n) is 12.5. The van der Waals surface area contributed by atoms with Crippen molar-refractivity contribution >= 4 is 92.1 Å². The van der Waals surface area contributed by atoms with Crippen LogP contribution in [0.3, 0.4) is 0 Å². The van der Waals surface area contributed by atoms with Gasteiger partial charge in [0.05, 0.1) is 130 Å². The van der Waals surface area contributed by atoms with Crippen LogP contribution >= 0.6 is 0 Å². The molecular formula is C87H90N12O19. The zero-order chi connectivity index (χ0) is 84.0.